The van der Waals surface area contributed by atoms with Crippen LogP contribution in [0.15, 0.2) is 362 Å². The summed E-state index contributed by atoms with van der Waals surface area (Å²) in [6.07, 6.45) is 12.0. The zero-order chi connectivity index (χ0) is 100. The molecule has 146 heavy (non-hydrogen) atoms. The maximum atomic E-state index is 13.5. The van der Waals surface area contributed by atoms with Gasteiger partial charge < -0.3 is 38.3 Å². The number of rotatable bonds is 13. The van der Waals surface area contributed by atoms with Gasteiger partial charge in [0.1, 0.15) is 115 Å². The summed E-state index contributed by atoms with van der Waals surface area (Å²) in [4.78, 5) is 50.2. The predicted octanol–water partition coefficient (Wildman–Crippen LogP) is 26.9. The molecule has 10 aliphatic rings. The molecule has 15 aromatic carbocycles. The van der Waals surface area contributed by atoms with Crippen LogP contribution in [0.3, 0.4) is 0 Å². The number of benzene rings is 15. The summed E-state index contributed by atoms with van der Waals surface area (Å²) in [7, 11) is 2.62. The quantitative estimate of drug-likeness (QED) is 0.0671. The molecule has 3 aliphatic carbocycles. The van der Waals surface area contributed by atoms with E-state index in [1.54, 1.807) is 17.0 Å². The normalized spacial score (nSPS) is 17.0. The molecule has 0 aromatic heterocycles. The highest BCUT2D eigenvalue weighted by Gasteiger charge is 2.41. The highest BCUT2D eigenvalue weighted by Crippen LogP contribution is 2.49. The minimum Gasteiger partial charge on any atom is -0.508 e. The molecule has 25 rings (SSSR count). The van der Waals surface area contributed by atoms with Gasteiger partial charge in [0.15, 0.2) is 34.3 Å². The van der Waals surface area contributed by atoms with Crippen LogP contribution in [0.4, 0.5) is 0 Å². The lowest BCUT2D eigenvalue weighted by Crippen LogP contribution is -2.27. The van der Waals surface area contributed by atoms with Crippen molar-refractivity contribution < 1.29 is 52.6 Å². The minimum atomic E-state index is -0.388. The summed E-state index contributed by atoms with van der Waals surface area (Å²) in [5.41, 5.74) is 17.5. The lowest BCUT2D eigenvalue weighted by atomic mass is 9.87. The molecule has 0 spiro atoms. The maximum absolute atomic E-state index is 13.5. The highest BCUT2D eigenvalue weighted by atomic mass is 32.2. The highest BCUT2D eigenvalue weighted by molar-refractivity contribution is 7.99. The van der Waals surface area contributed by atoms with E-state index >= 15 is 0 Å². The first kappa shape index (κ1) is 104. The smallest absolute Gasteiger partial charge is 0.343 e. The van der Waals surface area contributed by atoms with Crippen LogP contribution >= 0.6 is 0 Å². The van der Waals surface area contributed by atoms with Gasteiger partial charge >= 0.3 is 17.9 Å². The molecule has 0 bridgehead atoms. The van der Waals surface area contributed by atoms with Crippen molar-refractivity contribution in [3.8, 4) is 45.3 Å². The fraction of sp³-hybridized carbons (Fsp3) is 0.305. The molecule has 7 heterocycles. The van der Waals surface area contributed by atoms with Crippen LogP contribution in [0.2, 0.25) is 0 Å². The Morgan fingerprint density at radius 3 is 0.986 bits per heavy atom. The van der Waals surface area contributed by atoms with Crippen LogP contribution in [0.25, 0.3) is 60.1 Å². The Bertz CT molecular complexity index is 6930. The second-order valence-corrected chi connectivity index (χ2v) is 55.0. The van der Waals surface area contributed by atoms with E-state index in [4.69, 9.17) is 38.3 Å². The van der Waals surface area contributed by atoms with Gasteiger partial charge in [0.05, 0.1) is 58.4 Å². The number of phenolic OH excluding ortho intramolecular Hbond substituents is 1. The number of hydrogen-bond acceptors (Lipinski definition) is 11. The van der Waals surface area contributed by atoms with E-state index in [1.807, 2.05) is 146 Å². The van der Waals surface area contributed by atoms with Crippen molar-refractivity contribution in [3.05, 3.63) is 383 Å². The molecule has 7 saturated heterocycles. The lowest BCUT2D eigenvalue weighted by molar-refractivity contribution is -0.135. The monoisotopic (exact) mass is 2070 g/mol. The Labute approximate surface area is 883 Å². The molecule has 18 heteroatoms. The Morgan fingerprint density at radius 2 is 0.610 bits per heavy atom. The number of ether oxygens (including phenoxy) is 7. The Kier molecular flexibility index (Phi) is 35.6. The van der Waals surface area contributed by atoms with Crippen LogP contribution in [0.5, 0.6) is 23.0 Å². The van der Waals surface area contributed by atoms with Gasteiger partial charge in [0.2, 0.25) is 0 Å². The number of phenols is 1. The number of carbonyl (C=O) groups excluding carboxylic acids is 3. The molecule has 0 atom stereocenters. The number of aromatic hydroxyl groups is 1. The number of allylic oxidation sites excluding steroid dienone is 1. The molecule has 7 aliphatic heterocycles. The summed E-state index contributed by atoms with van der Waals surface area (Å²) in [6.45, 7) is 20.9. The van der Waals surface area contributed by atoms with E-state index in [2.05, 4.69) is 211 Å². The zero-order valence-corrected chi connectivity index (χ0v) is 90.6. The molecule has 7 fully saturated rings. The van der Waals surface area contributed by atoms with Gasteiger partial charge in [-0.15, -0.1) is 0 Å². The first-order chi connectivity index (χ1) is 71.5. The van der Waals surface area contributed by atoms with Gasteiger partial charge in [0.25, 0.3) is 0 Å². The first-order valence-electron chi connectivity index (χ1n) is 51.9. The van der Waals surface area contributed by atoms with Crippen LogP contribution in [0, 0.1) is 20.8 Å². The zero-order valence-electron chi connectivity index (χ0n) is 84.9. The Morgan fingerprint density at radius 1 is 0.301 bits per heavy atom. The van der Waals surface area contributed by atoms with E-state index in [0.29, 0.717) is 105 Å². The predicted molar refractivity (Wildman–Crippen MR) is 618 cm³/mol. The molecule has 0 radical (unpaired) electrons. The SMILES string of the molecule is CC(C)(C)c1ccc([S+]2CCOCC2)cc1.Cc1cc(C)c([S+]2CCOCC2)c(C)c1.O=C(Oc1ccc([S+]2CCCC2)c2ccccc12)C1=CCc2ccccc21.O=C(Oc1ccc([S+]2CCCC2)c2ccccc12)C1c2ccccc2-c2ccccc21.O=C(Oc1ccc([S+]2CCCCC2)c2ccccc12)C1c2ccccc2-c2ccccc21.Oc1ccc([S+]2CCOCC2)cc1.c1ccc([S+]2CCOCC2)cc1. The van der Waals surface area contributed by atoms with Crippen molar-refractivity contribution in [3.63, 3.8) is 0 Å². The van der Waals surface area contributed by atoms with E-state index < -0.39 is 0 Å². The molecule has 1 N–H and O–H groups in total. The van der Waals surface area contributed by atoms with Crippen LogP contribution in [-0.4, -0.2) is 156 Å². The van der Waals surface area contributed by atoms with Gasteiger partial charge in [-0.05, 0) is 242 Å². The maximum Gasteiger partial charge on any atom is 0.343 e. The summed E-state index contributed by atoms with van der Waals surface area (Å²) in [5, 5.41) is 15.9. The van der Waals surface area contributed by atoms with Gasteiger partial charge in [-0.2, -0.15) is 0 Å². The van der Waals surface area contributed by atoms with Crippen molar-refractivity contribution in [2.75, 3.05) is 133 Å². The fourth-order valence-electron chi connectivity index (χ4n) is 21.4. The van der Waals surface area contributed by atoms with E-state index in [0.717, 1.165) is 137 Å². The van der Waals surface area contributed by atoms with Gasteiger partial charge in [-0.1, -0.05) is 251 Å². The number of hydrogen-bond donors (Lipinski definition) is 1. The third kappa shape index (κ3) is 25.0. The van der Waals surface area contributed by atoms with Gasteiger partial charge in [0, 0.05) is 120 Å². The summed E-state index contributed by atoms with van der Waals surface area (Å²) in [5.74, 6) is 18.1. The van der Waals surface area contributed by atoms with Crippen molar-refractivity contribution in [2.24, 2.45) is 0 Å². The molecule has 0 saturated carbocycles. The molecular formula is C128H135O11S7+7. The molecule has 0 amide bonds. The summed E-state index contributed by atoms with van der Waals surface area (Å²) < 4.78 is 39.6. The molecule has 11 nitrogen and oxygen atoms in total. The average Bonchev–Trinajstić information content (AvgIpc) is 1.61. The fourth-order valence-corrected chi connectivity index (χ4v) is 36.7. The number of esters is 3. The Balaban J connectivity index is 0.000000111. The van der Waals surface area contributed by atoms with Crippen molar-refractivity contribution >= 4 is 132 Å². The van der Waals surface area contributed by atoms with Crippen LogP contribution < -0.4 is 14.2 Å². The minimum absolute atomic E-state index is 0.208. The Hall–Kier alpha value is -10.7. The molecular weight excluding hydrogens is 1940 g/mol. The first-order valence-corrected chi connectivity index (χ1v) is 62.9. The van der Waals surface area contributed by atoms with E-state index in [1.165, 1.54) is 187 Å². The van der Waals surface area contributed by atoms with E-state index in [9.17, 15) is 14.4 Å². The van der Waals surface area contributed by atoms with Crippen LogP contribution in [0.1, 0.15) is 133 Å². The molecule has 0 unspecified atom stereocenters. The third-order valence-corrected chi connectivity index (χ3v) is 45.5. The van der Waals surface area contributed by atoms with Crippen molar-refractivity contribution in [2.45, 2.75) is 144 Å². The standard InChI is InChI=1S/C29H25O2S.C28H23O2S.C24H21O2S.C14H21OS.C13H19OS.C10H12O2S.C10H13OS/c30-29(28-24-14-6-2-10-20(24)21-11-3-7-15-25(21)28)31-26-16-17-27(32-18-8-1-9-19-32)23-13-5-4-12-22(23)26;29-28(27-23-13-5-1-9-19(23)20-10-2-6-14-24(20)27)30-25-15-16-26(31-17-7-8-18-31)22-12-4-3-11-21(22)25;25-24(21-12-11-17-7-1-2-8-18(17)21)26-22-13-14-23(27-15-5-6-16-27)20-10-4-3-9-19(20)22;1-14(2,3)12-4-6-13(7-5-12)16-10-8-15-9-11-16;1-10-8-11(2)13(12(3)9-10)15-6-4-14-5-7-15;11-9-1-3-10(4-2-9)13-7-5-12-6-8-13;1-2-4-10(5-3-1)12-8-6-11-7-9-12/h2-7,10-17,28H,1,8-9,18-19H2;1-6,9-16,27H,7-8,17-18H2;1-4,7-10,12-14H,5-6,11,15-16H2;4-7H,8-11H2,1-3H3;8-9H,4-7H2,1-3H3;1-4H,5-8H2;1-5H,6-9H2/q5*+1;;+1/p+1. The van der Waals surface area contributed by atoms with Crippen molar-refractivity contribution in [1.82, 2.24) is 0 Å². The number of aryl methyl sites for hydroxylation is 3. The largest absolute Gasteiger partial charge is 0.508 e. The lowest BCUT2D eigenvalue weighted by Gasteiger charge is -2.19. The third-order valence-electron chi connectivity index (χ3n) is 28.6. The molecule has 15 aromatic rings. The second-order valence-electron chi connectivity index (χ2n) is 39.3. The van der Waals surface area contributed by atoms with Crippen LogP contribution in [-0.2, 0) is 121 Å². The number of carbonyl (C=O) groups is 3. The summed E-state index contributed by atoms with van der Waals surface area (Å²) in [6, 6.07) is 111. The van der Waals surface area contributed by atoms with Gasteiger partial charge in [-0.3, -0.25) is 9.59 Å². The topological polar surface area (TPSA) is 136 Å². The number of fused-ring (bicyclic) bond motifs is 10. The molecule has 748 valence electrons. The average molecular weight is 2070 g/mol. The second kappa shape index (κ2) is 50.1. The van der Waals surface area contributed by atoms with E-state index in [-0.39, 0.29) is 35.2 Å². The van der Waals surface area contributed by atoms with Crippen molar-refractivity contribution in [1.29, 1.82) is 0 Å². The van der Waals surface area contributed by atoms with Gasteiger partial charge in [-0.25, -0.2) is 4.79 Å². The summed E-state index contributed by atoms with van der Waals surface area (Å²) >= 11 is 0.